The number of ketones is 2. The van der Waals surface area contributed by atoms with Crippen LogP contribution in [0.3, 0.4) is 0 Å². The number of hydrogen-bond acceptors (Lipinski definition) is 12. The third-order valence-corrected chi connectivity index (χ3v) is 4.30. The Balaban J connectivity index is 0.000000342. The van der Waals surface area contributed by atoms with Crippen LogP contribution in [0, 0.1) is 0 Å². The Bertz CT molecular complexity index is 1000. The summed E-state index contributed by atoms with van der Waals surface area (Å²) in [5, 5.41) is 22.1. The van der Waals surface area contributed by atoms with E-state index in [-0.39, 0.29) is 57.7 Å². The van der Waals surface area contributed by atoms with Crippen LogP contribution in [0.15, 0.2) is 0 Å². The number of nitrogens with one attached hydrogen (secondary N) is 5. The van der Waals surface area contributed by atoms with Gasteiger partial charge in [0.2, 0.25) is 0 Å². The third kappa shape index (κ3) is 6.34. The van der Waals surface area contributed by atoms with Gasteiger partial charge in [0.15, 0.2) is 57.6 Å². The molecule has 6 N–H and O–H groups in total. The molecule has 14 nitrogen and oxygen atoms in total. The number of nitrogens with zero attached hydrogens (tertiary/aromatic N) is 4. The molecule has 0 saturated heterocycles. The molecule has 0 unspecified atom stereocenters. The summed E-state index contributed by atoms with van der Waals surface area (Å²) in [6, 6.07) is 0. The molecule has 184 valence electrons. The summed E-state index contributed by atoms with van der Waals surface area (Å²) >= 11 is 0. The second-order valence-electron chi connectivity index (χ2n) is 6.45. The number of anilines is 4. The molecule has 0 aromatic carbocycles. The fourth-order valence-electron chi connectivity index (χ4n) is 2.60. The average molecular weight is 476 g/mol. The van der Waals surface area contributed by atoms with Crippen molar-refractivity contribution >= 4 is 46.7 Å². The molecule has 0 spiro atoms. The number of carboxylic acid groups (broad SMARTS) is 1. The molecular weight excluding hydrogens is 446 g/mol. The summed E-state index contributed by atoms with van der Waals surface area (Å²) in [6.07, 6.45) is 0.325. The minimum absolute atomic E-state index is 0.0664. The van der Waals surface area contributed by atoms with Gasteiger partial charge in [0, 0.05) is 48.6 Å². The molecule has 0 fully saturated rings. The monoisotopic (exact) mass is 475 g/mol. The van der Waals surface area contributed by atoms with E-state index in [1.807, 2.05) is 0 Å². The van der Waals surface area contributed by atoms with E-state index >= 15 is 0 Å². The lowest BCUT2D eigenvalue weighted by Gasteiger charge is -2.11. The van der Waals surface area contributed by atoms with E-state index in [0.717, 1.165) is 0 Å². The molecule has 2 aromatic heterocycles. The summed E-state index contributed by atoms with van der Waals surface area (Å²) in [6.45, 7) is 3.08. The lowest BCUT2D eigenvalue weighted by Crippen LogP contribution is -2.23. The third-order valence-electron chi connectivity index (χ3n) is 4.30. The van der Waals surface area contributed by atoms with Crippen molar-refractivity contribution in [1.29, 1.82) is 0 Å². The topological polar surface area (TPSA) is 200 Å². The zero-order valence-corrected chi connectivity index (χ0v) is 20.1. The van der Waals surface area contributed by atoms with Crippen LogP contribution in [0.4, 0.5) is 23.3 Å². The van der Waals surface area contributed by atoms with Gasteiger partial charge in [-0.25, -0.2) is 24.7 Å². The van der Waals surface area contributed by atoms with Crippen molar-refractivity contribution in [2.45, 2.75) is 20.3 Å². The van der Waals surface area contributed by atoms with Gasteiger partial charge in [-0.1, -0.05) is 6.92 Å². The number of carbonyl (C=O) groups excluding carboxylic acids is 3. The molecule has 0 atom stereocenters. The number of hydrogen-bond donors (Lipinski definition) is 6. The molecule has 0 bridgehead atoms. The van der Waals surface area contributed by atoms with Crippen LogP contribution in [-0.2, 0) is 0 Å². The zero-order chi connectivity index (χ0) is 26.0. The normalized spacial score (nSPS) is 9.74. The molecule has 34 heavy (non-hydrogen) atoms. The average Bonchev–Trinajstić information content (AvgIpc) is 2.85. The van der Waals surface area contributed by atoms with E-state index in [0.29, 0.717) is 12.2 Å². The smallest absolute Gasteiger partial charge is 0.358 e. The predicted molar refractivity (Wildman–Crippen MR) is 127 cm³/mol. The Kier molecular flexibility index (Phi) is 10.3. The van der Waals surface area contributed by atoms with Crippen LogP contribution in [0.2, 0.25) is 0 Å². The molecule has 0 radical (unpaired) electrons. The molecular formula is C20H29N9O5. The number of carboxylic acids is 1. The summed E-state index contributed by atoms with van der Waals surface area (Å²) < 4.78 is 0. The Labute approximate surface area is 196 Å². The highest BCUT2D eigenvalue weighted by molar-refractivity contribution is 6.02. The maximum Gasteiger partial charge on any atom is 0.358 e. The van der Waals surface area contributed by atoms with Gasteiger partial charge in [-0.05, 0) is 0 Å². The second kappa shape index (κ2) is 12.6. The zero-order valence-electron chi connectivity index (χ0n) is 20.1. The fraction of sp³-hybridized carbons (Fsp3) is 0.400. The Morgan fingerprint density at radius 3 is 1.47 bits per heavy atom. The predicted octanol–water partition coefficient (Wildman–Crippen LogP) is 0.973. The van der Waals surface area contributed by atoms with Crippen molar-refractivity contribution < 1.29 is 24.3 Å². The molecule has 0 aliphatic rings. The van der Waals surface area contributed by atoms with E-state index in [2.05, 4.69) is 46.5 Å². The first kappa shape index (κ1) is 27.7. The highest BCUT2D eigenvalue weighted by Gasteiger charge is 2.21. The van der Waals surface area contributed by atoms with Crippen molar-refractivity contribution in [2.75, 3.05) is 56.5 Å². The van der Waals surface area contributed by atoms with Crippen LogP contribution >= 0.6 is 0 Å². The standard InChI is InChI=1S/C11H17N5O2.C9H12N4O3/c1-5-6(17)7-9(12-2)16-8(11(18)14-4)10(13-3)15-7;1-4(14)5-7(10-2)13-6(9(15)16)8(11-3)12-5/h5H2,1-4H3,(H,12,16)(H,13,15)(H,14,18);1-3H3,(H,10,13)(H,11,12)(H,15,16). The molecule has 2 rings (SSSR count). The highest BCUT2D eigenvalue weighted by atomic mass is 16.4. The van der Waals surface area contributed by atoms with E-state index in [4.69, 9.17) is 5.11 Å². The Hall–Kier alpha value is -4.36. The number of Topliss-reactive ketones (excluding diaryl/α,β-unsaturated/α-hetero) is 2. The maximum atomic E-state index is 11.7. The summed E-state index contributed by atoms with van der Waals surface area (Å²) in [5.41, 5.74) is 0.266. The van der Waals surface area contributed by atoms with Gasteiger partial charge in [-0.3, -0.25) is 14.4 Å². The molecule has 0 saturated carbocycles. The SMILES string of the molecule is CCC(=O)c1nc(NC)c(C(=O)NC)nc1NC.CNc1nc(C(=O)O)c(NC)nc1C(C)=O. The lowest BCUT2D eigenvalue weighted by molar-refractivity contribution is 0.0690. The number of amides is 1. The molecule has 14 heteroatoms. The highest BCUT2D eigenvalue weighted by Crippen LogP contribution is 2.19. The molecule has 0 aliphatic heterocycles. The van der Waals surface area contributed by atoms with Gasteiger partial charge in [-0.2, -0.15) is 0 Å². The van der Waals surface area contributed by atoms with Gasteiger partial charge in [-0.15, -0.1) is 0 Å². The quantitative estimate of drug-likeness (QED) is 0.280. The second-order valence-corrected chi connectivity index (χ2v) is 6.45. The van der Waals surface area contributed by atoms with Gasteiger partial charge in [0.1, 0.15) is 0 Å². The minimum Gasteiger partial charge on any atom is -0.476 e. The Morgan fingerprint density at radius 1 is 0.676 bits per heavy atom. The van der Waals surface area contributed by atoms with Crippen molar-refractivity contribution in [3.8, 4) is 0 Å². The number of carbonyl (C=O) groups is 4. The first-order valence-electron chi connectivity index (χ1n) is 10.1. The first-order chi connectivity index (χ1) is 16.1. The minimum atomic E-state index is -1.21. The number of rotatable bonds is 9. The van der Waals surface area contributed by atoms with Crippen LogP contribution in [0.1, 0.15) is 62.2 Å². The first-order valence-corrected chi connectivity index (χ1v) is 10.1. The van der Waals surface area contributed by atoms with E-state index in [1.54, 1.807) is 28.1 Å². The fourth-order valence-corrected chi connectivity index (χ4v) is 2.60. The van der Waals surface area contributed by atoms with E-state index in [9.17, 15) is 19.2 Å². The van der Waals surface area contributed by atoms with Crippen LogP contribution in [0.5, 0.6) is 0 Å². The van der Waals surface area contributed by atoms with Crippen LogP contribution in [0.25, 0.3) is 0 Å². The van der Waals surface area contributed by atoms with Gasteiger partial charge in [0.25, 0.3) is 5.91 Å². The molecule has 2 aromatic rings. The van der Waals surface area contributed by atoms with Crippen LogP contribution in [-0.4, -0.2) is 83.7 Å². The Morgan fingerprint density at radius 2 is 1.06 bits per heavy atom. The van der Waals surface area contributed by atoms with Crippen molar-refractivity contribution in [1.82, 2.24) is 25.3 Å². The van der Waals surface area contributed by atoms with Gasteiger partial charge in [0.05, 0.1) is 0 Å². The summed E-state index contributed by atoms with van der Waals surface area (Å²) in [4.78, 5) is 61.5. The van der Waals surface area contributed by atoms with Crippen LogP contribution < -0.4 is 26.6 Å². The molecule has 1 amide bonds. The number of aromatic nitrogens is 4. The number of aromatic carboxylic acids is 1. The lowest BCUT2D eigenvalue weighted by atomic mass is 10.2. The molecule has 2 heterocycles. The van der Waals surface area contributed by atoms with Crippen molar-refractivity contribution in [3.63, 3.8) is 0 Å². The van der Waals surface area contributed by atoms with Crippen molar-refractivity contribution in [3.05, 3.63) is 22.8 Å². The van der Waals surface area contributed by atoms with Gasteiger partial charge >= 0.3 is 5.97 Å². The summed E-state index contributed by atoms with van der Waals surface area (Å²) in [7, 11) is 7.81. The van der Waals surface area contributed by atoms with Gasteiger partial charge < -0.3 is 31.7 Å². The largest absolute Gasteiger partial charge is 0.476 e. The van der Waals surface area contributed by atoms with E-state index in [1.165, 1.54) is 21.0 Å². The summed E-state index contributed by atoms with van der Waals surface area (Å²) in [5.74, 6) is -1.18. The van der Waals surface area contributed by atoms with E-state index < -0.39 is 5.97 Å². The maximum absolute atomic E-state index is 11.7. The van der Waals surface area contributed by atoms with Crippen molar-refractivity contribution in [2.24, 2.45) is 0 Å². The molecule has 0 aliphatic carbocycles.